The van der Waals surface area contributed by atoms with Crippen LogP contribution < -0.4 is 51.8 Å². The Morgan fingerprint density at radius 2 is 0.817 bits per heavy atom. The highest BCUT2D eigenvalue weighted by Gasteiger charge is 2.25. The first kappa shape index (κ1) is 107. The average molecular weight is 2370 g/mol. The quantitative estimate of drug-likeness (QED) is 0.0172. The fraction of sp³-hybridized carbons (Fsp3) is 0.253. The number of carbonyl (C=O) groups is 5. The van der Waals surface area contributed by atoms with Crippen LogP contribution >= 0.6 is 183 Å². The number of fused-ring (bicyclic) bond motifs is 6. The van der Waals surface area contributed by atoms with Crippen LogP contribution in [0.4, 0.5) is 45.5 Å². The average Bonchev–Trinajstić information content (AvgIpc) is 0.704. The summed E-state index contributed by atoms with van der Waals surface area (Å²) in [5.74, 6) is -3.49. The molecule has 0 saturated heterocycles. The van der Waals surface area contributed by atoms with Gasteiger partial charge in [-0.1, -0.05) is 180 Å². The number of aromatic nitrogens is 3. The third-order valence-electron chi connectivity index (χ3n) is 18.9. The lowest BCUT2D eigenvalue weighted by Crippen LogP contribution is -2.21. The van der Waals surface area contributed by atoms with Gasteiger partial charge in [-0.3, -0.25) is 28.8 Å². The molecular formula is C91H94Br5Cl5I2N10O13. The number of nitrogens with zero attached hydrogens (tertiary/aromatic N) is 7. The summed E-state index contributed by atoms with van der Waals surface area (Å²) in [4.78, 5) is 108. The van der Waals surface area contributed by atoms with Gasteiger partial charge in [-0.2, -0.15) is 0 Å². The first-order valence-electron chi connectivity index (χ1n) is 37.8. The highest BCUT2D eigenvalue weighted by Crippen LogP contribution is 2.41. The molecule has 0 aliphatic heterocycles. The monoisotopic (exact) mass is 2360 g/mol. The summed E-state index contributed by atoms with van der Waals surface area (Å²) in [5.41, 5.74) is 20.0. The van der Waals surface area contributed by atoms with E-state index in [4.69, 9.17) is 73.6 Å². The van der Waals surface area contributed by atoms with Gasteiger partial charge in [0.1, 0.15) is 13.1 Å². The second kappa shape index (κ2) is 47.4. The van der Waals surface area contributed by atoms with E-state index in [0.717, 1.165) is 89.0 Å². The zero-order chi connectivity index (χ0) is 93.5. The van der Waals surface area contributed by atoms with E-state index < -0.39 is 17.9 Å². The molecule has 0 fully saturated rings. The lowest BCUT2D eigenvalue weighted by molar-refractivity contribution is -0.143. The topological polar surface area (TPSA) is 296 Å². The first-order chi connectivity index (χ1) is 58.6. The number of carbonyl (C=O) groups excluding carboxylic acids is 2. The summed E-state index contributed by atoms with van der Waals surface area (Å²) in [6.45, 7) is 13.7. The van der Waals surface area contributed by atoms with E-state index in [2.05, 4.69) is 117 Å². The number of esters is 2. The number of rotatable bonds is 16. The first-order valence-corrected chi connectivity index (χ1v) is 46.2. The maximum absolute atomic E-state index is 13.2. The van der Waals surface area contributed by atoms with E-state index in [1.807, 2.05) is 206 Å². The van der Waals surface area contributed by atoms with Gasteiger partial charge in [0.05, 0.1) is 127 Å². The van der Waals surface area contributed by atoms with Gasteiger partial charge in [-0.05, 0) is 220 Å². The molecule has 0 bridgehead atoms. The Hall–Kier alpha value is -8.13. The normalized spacial score (nSPS) is 10.6. The number of nitrogen functional groups attached to an aromatic ring is 1. The van der Waals surface area contributed by atoms with Crippen LogP contribution in [0.5, 0.6) is 0 Å². The Balaban J connectivity index is 0.000000234. The number of benzene rings is 10. The smallest absolute Gasteiger partial charge is 0.337 e. The zero-order valence-corrected chi connectivity index (χ0v) is 86.9. The second-order valence-electron chi connectivity index (χ2n) is 29.0. The number of aromatic amines is 1. The summed E-state index contributed by atoms with van der Waals surface area (Å²) in [6.07, 6.45) is 0. The zero-order valence-electron chi connectivity index (χ0n) is 70.9. The molecule has 3 aromatic heterocycles. The van der Waals surface area contributed by atoms with Crippen LogP contribution in [0.25, 0.3) is 65.4 Å². The van der Waals surface area contributed by atoms with Crippen LogP contribution in [-0.4, -0.2) is 147 Å². The molecule has 0 atom stereocenters. The predicted molar refractivity (Wildman–Crippen MR) is 559 cm³/mol. The molecule has 0 aliphatic carbocycles. The molecule has 13 rings (SSSR count). The van der Waals surface area contributed by atoms with Crippen LogP contribution in [0.2, 0.25) is 25.1 Å². The number of ether oxygens (including phenoxy) is 2. The highest BCUT2D eigenvalue weighted by molar-refractivity contribution is 14.1. The fourth-order valence-electron chi connectivity index (χ4n) is 13.1. The number of hydrogen-bond donors (Lipinski definition) is 6. The van der Waals surface area contributed by atoms with Crippen LogP contribution in [-0.2, 0) is 36.9 Å². The predicted octanol–water partition coefficient (Wildman–Crippen LogP) is 24.6. The number of H-pyrrole nitrogens is 1. The third kappa shape index (κ3) is 25.9. The molecule has 35 heteroatoms. The Morgan fingerprint density at radius 1 is 0.444 bits per heavy atom. The number of aliphatic carboxylic acids is 1. The van der Waals surface area contributed by atoms with Crippen molar-refractivity contribution in [3.05, 3.63) is 254 Å². The number of nitrogens with two attached hydrogens (primary N) is 1. The van der Waals surface area contributed by atoms with Crippen molar-refractivity contribution in [3.8, 4) is 0 Å². The Labute approximate surface area is 824 Å². The Bertz CT molecular complexity index is 6520. The largest absolute Gasteiger partial charge is 0.480 e. The minimum Gasteiger partial charge on any atom is -0.480 e. The molecule has 0 saturated carbocycles. The molecule has 13 aromatic rings. The maximum atomic E-state index is 13.2. The van der Waals surface area contributed by atoms with E-state index in [1.54, 1.807) is 96.1 Å². The van der Waals surface area contributed by atoms with Gasteiger partial charge in [0.2, 0.25) is 0 Å². The summed E-state index contributed by atoms with van der Waals surface area (Å²) < 4.78 is 18.9. The number of alkyl halides is 1. The van der Waals surface area contributed by atoms with E-state index in [-0.39, 0.29) is 59.9 Å². The lowest BCUT2D eigenvalue weighted by Gasteiger charge is -2.22. The van der Waals surface area contributed by atoms with Crippen molar-refractivity contribution in [2.24, 2.45) is 0 Å². The molecule has 23 nitrogen and oxygen atoms in total. The number of halogens is 12. The summed E-state index contributed by atoms with van der Waals surface area (Å²) >= 11 is 52.6. The van der Waals surface area contributed by atoms with Crippen LogP contribution in [0, 0.1) is 38.2 Å². The minimum atomic E-state index is -1.01. The van der Waals surface area contributed by atoms with Crippen molar-refractivity contribution in [2.45, 2.75) is 69.0 Å². The molecule has 670 valence electrons. The van der Waals surface area contributed by atoms with Gasteiger partial charge in [0.15, 0.2) is 16.3 Å². The van der Waals surface area contributed by atoms with Crippen molar-refractivity contribution >= 4 is 324 Å². The van der Waals surface area contributed by atoms with E-state index in [1.165, 1.54) is 9.64 Å². The molecule has 126 heavy (non-hydrogen) atoms. The van der Waals surface area contributed by atoms with Gasteiger partial charge >= 0.3 is 29.8 Å². The lowest BCUT2D eigenvalue weighted by atomic mass is 10.1. The minimum absolute atomic E-state index is 0. The van der Waals surface area contributed by atoms with E-state index in [9.17, 15) is 48.6 Å². The molecule has 0 spiro atoms. The van der Waals surface area contributed by atoms with Gasteiger partial charge in [0.25, 0.3) is 0 Å². The molecule has 10 aromatic carbocycles. The van der Waals surface area contributed by atoms with Gasteiger partial charge in [0, 0.05) is 134 Å². The maximum Gasteiger partial charge on any atom is 0.337 e. The standard InChI is InChI=1S/C20H20BrClN2O3.C18H16BrClN2O3.C16H16BrClN2O2.C16H14BrClN2O.C8H8BrNO2.C8H9ClIN.C4H7IO2.CH4/c1-5-27-17(25)10-24-16-8-11(2)14(21)9-13(16)20(26)12-6-7-15(22)19(18(12)24)23(3)4;1-9-6-14-11(7-12(9)19)18(25)10-4-5-13(20)17(21(2)3)16(10)22(14)8-15(23)24;1-9-7-14(10(16(21)22)8-11(9)17)19-13-6-4-5-12(18)15(13)20(2)3;1-8-6-13-10(7-11(8)17)16(21)9-4-5-12(18)15(20(2)3)14(9)19-13;1-4-2-7(10)5(8(11)12)3-6(4)9;1-11(2)8-6(9)4-3-5-7(8)10;1-2-7-4(6)3-5;/h6-9H,5,10H2,1-4H3;4-7H,8H2,1-3H3,(H,23,24);4-8,19H,1-3H3,(H,21,22);4-7H,1-3H3,(H,19,21);2-3H,10H2,1H3,(H,11,12);3-5H,1-2H3;2-3H2,1H3;1H4. The van der Waals surface area contributed by atoms with Crippen molar-refractivity contribution in [1.82, 2.24) is 14.1 Å². The van der Waals surface area contributed by atoms with Crippen molar-refractivity contribution in [3.63, 3.8) is 0 Å². The number of aromatic carboxylic acids is 2. The number of anilines is 8. The number of carboxylic acid groups (broad SMARTS) is 3. The fourth-order valence-corrected chi connectivity index (χ4v) is 17.8. The van der Waals surface area contributed by atoms with Crippen LogP contribution in [0.3, 0.4) is 0 Å². The third-order valence-corrected chi connectivity index (χ3v) is 26.1. The van der Waals surface area contributed by atoms with Crippen molar-refractivity contribution < 1.29 is 48.8 Å². The molecule has 0 amide bonds. The molecule has 0 unspecified atom stereocenters. The van der Waals surface area contributed by atoms with Gasteiger partial charge in [-0.25, -0.2) is 9.59 Å². The number of pyridine rings is 3. The van der Waals surface area contributed by atoms with Crippen LogP contribution in [0.1, 0.15) is 69.8 Å². The Morgan fingerprint density at radius 3 is 1.24 bits per heavy atom. The number of carboxylic acids is 3. The van der Waals surface area contributed by atoms with Crippen molar-refractivity contribution in [1.29, 1.82) is 0 Å². The number of hydrogen-bond acceptors (Lipinski definition) is 17. The molecular weight excluding hydrogens is 2270 g/mol. The Kier molecular flexibility index (Phi) is 40.1. The SMILES string of the molecule is C.CCOC(=O)CI.CCOC(=O)Cn1c2cc(C)c(Br)cc2c(=O)c2ccc(Cl)c(N(C)C)c21.CN(C)c1c(Cl)cccc1I.Cc1cc(N)c(C(=O)O)cc1Br.Cc1cc(Nc2cccc(Cl)c2N(C)C)c(C(=O)O)cc1Br.Cc1cc2[nH]c3c(N(C)C)c(Cl)ccc3c(=O)c2cc1Br.Cc1cc2c(cc1Br)c(=O)c1ccc(Cl)c(N(C)C)c1n2CC(=O)O. The number of aryl methyl sites for hydroxylation is 5. The second-order valence-corrected chi connectivity index (χ2v) is 37.2. The number of para-hydroxylation sites is 2. The number of nitrogens with one attached hydrogen (secondary N) is 2. The molecule has 7 N–H and O–H groups in total. The molecule has 3 heterocycles. The summed E-state index contributed by atoms with van der Waals surface area (Å²) in [6, 6.07) is 39.3. The van der Waals surface area contributed by atoms with E-state index in [0.29, 0.717) is 115 Å². The molecule has 0 radical (unpaired) electrons. The van der Waals surface area contributed by atoms with E-state index >= 15 is 0 Å². The van der Waals surface area contributed by atoms with Crippen molar-refractivity contribution in [2.75, 3.05) is 124 Å². The summed E-state index contributed by atoms with van der Waals surface area (Å²) in [7, 11) is 18.9. The van der Waals surface area contributed by atoms with Gasteiger partial charge < -0.3 is 74.5 Å². The van der Waals surface area contributed by atoms with Crippen LogP contribution in [0.15, 0.2) is 170 Å². The van der Waals surface area contributed by atoms with Gasteiger partial charge in [-0.15, -0.1) is 0 Å². The molecule has 0 aliphatic rings. The highest BCUT2D eigenvalue weighted by atomic mass is 127. The summed E-state index contributed by atoms with van der Waals surface area (Å²) in [5, 5.41) is 37.0.